The summed E-state index contributed by atoms with van der Waals surface area (Å²) in [7, 11) is 0. The van der Waals surface area contributed by atoms with Crippen molar-refractivity contribution in [2.45, 2.75) is 25.8 Å². The molecule has 3 heterocycles. The largest absolute Gasteiger partial charge is 0.341 e. The first-order valence-electron chi connectivity index (χ1n) is 8.89. The lowest BCUT2D eigenvalue weighted by atomic mass is 9.78. The van der Waals surface area contributed by atoms with E-state index in [1.807, 2.05) is 4.90 Å². The molecular formula is C19H21FN4O2. The lowest BCUT2D eigenvalue weighted by Gasteiger charge is -2.39. The van der Waals surface area contributed by atoms with Crippen LogP contribution in [-0.2, 0) is 11.3 Å². The first-order chi connectivity index (χ1) is 12.6. The van der Waals surface area contributed by atoms with Gasteiger partial charge in [-0.2, -0.15) is 0 Å². The van der Waals surface area contributed by atoms with Gasteiger partial charge in [-0.1, -0.05) is 12.1 Å². The Morgan fingerprint density at radius 2 is 2.04 bits per heavy atom. The lowest BCUT2D eigenvalue weighted by molar-refractivity contribution is -0.146. The van der Waals surface area contributed by atoms with E-state index in [1.54, 1.807) is 17.0 Å². The van der Waals surface area contributed by atoms with Gasteiger partial charge in [0, 0.05) is 26.2 Å². The molecule has 2 amide bonds. The molecule has 0 radical (unpaired) electrons. The number of aromatic nitrogens is 2. The molecule has 1 aromatic carbocycles. The van der Waals surface area contributed by atoms with Crippen molar-refractivity contribution in [2.75, 3.05) is 19.6 Å². The van der Waals surface area contributed by atoms with Crippen molar-refractivity contribution in [3.63, 3.8) is 0 Å². The Hall–Kier alpha value is -2.70. The zero-order valence-electron chi connectivity index (χ0n) is 14.4. The van der Waals surface area contributed by atoms with Crippen LogP contribution in [-0.4, -0.2) is 51.2 Å². The average molecular weight is 356 g/mol. The minimum atomic E-state index is -0.492. The third-order valence-electron chi connectivity index (χ3n) is 5.48. The number of amides is 2. The number of carbonyl (C=O) groups excluding carboxylic acids is 2. The fraction of sp³-hybridized carbons (Fsp3) is 0.421. The summed E-state index contributed by atoms with van der Waals surface area (Å²) in [6.07, 6.45) is 5.40. The first kappa shape index (κ1) is 16.8. The van der Waals surface area contributed by atoms with Crippen LogP contribution in [0.4, 0.5) is 4.39 Å². The summed E-state index contributed by atoms with van der Waals surface area (Å²) in [5, 5.41) is 0. The van der Waals surface area contributed by atoms with Gasteiger partial charge >= 0.3 is 0 Å². The molecule has 0 bridgehead atoms. The molecule has 1 N–H and O–H groups in total. The molecule has 0 unspecified atom stereocenters. The van der Waals surface area contributed by atoms with E-state index in [2.05, 4.69) is 9.97 Å². The first-order valence-corrected chi connectivity index (χ1v) is 8.89. The number of nitrogens with zero attached hydrogens (tertiary/aromatic N) is 3. The fourth-order valence-electron chi connectivity index (χ4n) is 4.08. The van der Waals surface area contributed by atoms with Crippen LogP contribution in [0.2, 0.25) is 0 Å². The zero-order valence-corrected chi connectivity index (χ0v) is 14.4. The molecule has 2 fully saturated rings. The van der Waals surface area contributed by atoms with Crippen LogP contribution in [0.25, 0.3) is 0 Å². The quantitative estimate of drug-likeness (QED) is 0.917. The van der Waals surface area contributed by atoms with Crippen LogP contribution in [0, 0.1) is 11.2 Å². The van der Waals surface area contributed by atoms with E-state index in [-0.39, 0.29) is 17.6 Å². The second-order valence-electron chi connectivity index (χ2n) is 7.18. The molecule has 2 aromatic rings. The predicted molar refractivity (Wildman–Crippen MR) is 92.6 cm³/mol. The van der Waals surface area contributed by atoms with E-state index in [9.17, 15) is 14.0 Å². The Bertz CT molecular complexity index is 805. The SMILES string of the molecule is O=C(c1cnc[nH]1)N1CC[C@]2(CCCN(Cc3ccc(F)cc3)C2=O)C1. The molecule has 26 heavy (non-hydrogen) atoms. The maximum atomic E-state index is 13.2. The van der Waals surface area contributed by atoms with E-state index >= 15 is 0 Å². The van der Waals surface area contributed by atoms with Crippen molar-refractivity contribution in [2.24, 2.45) is 5.41 Å². The number of H-pyrrole nitrogens is 1. The number of rotatable bonds is 3. The summed E-state index contributed by atoms with van der Waals surface area (Å²) >= 11 is 0. The summed E-state index contributed by atoms with van der Waals surface area (Å²) in [4.78, 5) is 36.0. The molecule has 6 nitrogen and oxygen atoms in total. The van der Waals surface area contributed by atoms with Crippen molar-refractivity contribution in [1.29, 1.82) is 0 Å². The molecule has 0 saturated carbocycles. The van der Waals surface area contributed by atoms with Gasteiger partial charge in [0.05, 0.1) is 17.9 Å². The second kappa shape index (κ2) is 6.55. The molecule has 1 aromatic heterocycles. The van der Waals surface area contributed by atoms with Gasteiger partial charge in [-0.25, -0.2) is 9.37 Å². The van der Waals surface area contributed by atoms with Gasteiger partial charge in [-0.15, -0.1) is 0 Å². The van der Waals surface area contributed by atoms with E-state index < -0.39 is 5.41 Å². The number of carbonyl (C=O) groups is 2. The summed E-state index contributed by atoms with van der Waals surface area (Å²) in [5.74, 6) is -0.283. The van der Waals surface area contributed by atoms with Crippen LogP contribution in [0.1, 0.15) is 35.3 Å². The minimum absolute atomic E-state index is 0.105. The topological polar surface area (TPSA) is 69.3 Å². The van der Waals surface area contributed by atoms with Gasteiger partial charge in [0.25, 0.3) is 5.91 Å². The van der Waals surface area contributed by atoms with Crippen molar-refractivity contribution in [1.82, 2.24) is 19.8 Å². The Balaban J connectivity index is 1.47. The van der Waals surface area contributed by atoms with Gasteiger partial charge in [-0.3, -0.25) is 9.59 Å². The number of halogens is 1. The molecular weight excluding hydrogens is 335 g/mol. The van der Waals surface area contributed by atoms with Crippen molar-refractivity contribution in [3.8, 4) is 0 Å². The van der Waals surface area contributed by atoms with E-state index in [4.69, 9.17) is 0 Å². The highest BCUT2D eigenvalue weighted by molar-refractivity contribution is 5.93. The maximum Gasteiger partial charge on any atom is 0.271 e. The Morgan fingerprint density at radius 1 is 1.23 bits per heavy atom. The monoisotopic (exact) mass is 356 g/mol. The number of imidazole rings is 1. The molecule has 2 saturated heterocycles. The third kappa shape index (κ3) is 2.98. The number of benzene rings is 1. The molecule has 1 spiro atoms. The molecule has 0 aliphatic carbocycles. The van der Waals surface area contributed by atoms with Gasteiger partial charge in [0.1, 0.15) is 11.5 Å². The Labute approximate surface area is 151 Å². The normalized spacial score (nSPS) is 23.0. The number of hydrogen-bond acceptors (Lipinski definition) is 3. The van der Waals surface area contributed by atoms with E-state index in [0.29, 0.717) is 38.3 Å². The van der Waals surface area contributed by atoms with Crippen LogP contribution in [0.3, 0.4) is 0 Å². The number of aromatic amines is 1. The van der Waals surface area contributed by atoms with Crippen LogP contribution >= 0.6 is 0 Å². The van der Waals surface area contributed by atoms with Crippen LogP contribution < -0.4 is 0 Å². The second-order valence-corrected chi connectivity index (χ2v) is 7.18. The number of nitrogens with one attached hydrogen (secondary N) is 1. The summed E-state index contributed by atoms with van der Waals surface area (Å²) in [6, 6.07) is 6.26. The van der Waals surface area contributed by atoms with E-state index in [1.165, 1.54) is 24.7 Å². The fourth-order valence-corrected chi connectivity index (χ4v) is 4.08. The predicted octanol–water partition coefficient (Wildman–Crippen LogP) is 2.20. The standard InChI is InChI=1S/C19H21FN4O2/c20-15-4-2-14(3-5-15)11-23-8-1-6-19(18(23)26)7-9-24(12-19)17(25)16-10-21-13-22-16/h2-5,10,13H,1,6-9,11-12H2,(H,21,22)/t19-/m1/s1. The van der Waals surface area contributed by atoms with Gasteiger partial charge in [0.2, 0.25) is 5.91 Å². The average Bonchev–Trinajstić information content (AvgIpc) is 3.31. The maximum absolute atomic E-state index is 13.2. The van der Waals surface area contributed by atoms with Crippen LogP contribution in [0.15, 0.2) is 36.8 Å². The van der Waals surface area contributed by atoms with Gasteiger partial charge in [-0.05, 0) is 37.0 Å². The molecule has 4 rings (SSSR count). The van der Waals surface area contributed by atoms with Gasteiger partial charge < -0.3 is 14.8 Å². The lowest BCUT2D eigenvalue weighted by Crippen LogP contribution is -2.50. The molecule has 1 atom stereocenters. The number of hydrogen-bond donors (Lipinski definition) is 1. The number of piperidine rings is 1. The van der Waals surface area contributed by atoms with Crippen molar-refractivity contribution in [3.05, 3.63) is 53.9 Å². The van der Waals surface area contributed by atoms with Crippen molar-refractivity contribution < 1.29 is 14.0 Å². The smallest absolute Gasteiger partial charge is 0.271 e. The Kier molecular flexibility index (Phi) is 4.22. The summed E-state index contributed by atoms with van der Waals surface area (Å²) < 4.78 is 13.1. The highest BCUT2D eigenvalue weighted by atomic mass is 19.1. The minimum Gasteiger partial charge on any atom is -0.341 e. The summed E-state index contributed by atoms with van der Waals surface area (Å²) in [6.45, 7) is 2.21. The highest BCUT2D eigenvalue weighted by Gasteiger charge is 2.49. The molecule has 136 valence electrons. The van der Waals surface area contributed by atoms with Gasteiger partial charge in [0.15, 0.2) is 0 Å². The third-order valence-corrected chi connectivity index (χ3v) is 5.48. The summed E-state index contributed by atoms with van der Waals surface area (Å²) in [5.41, 5.74) is 0.877. The van der Waals surface area contributed by atoms with Crippen molar-refractivity contribution >= 4 is 11.8 Å². The zero-order chi connectivity index (χ0) is 18.1. The Morgan fingerprint density at radius 3 is 2.77 bits per heavy atom. The highest BCUT2D eigenvalue weighted by Crippen LogP contribution is 2.40. The van der Waals surface area contributed by atoms with E-state index in [0.717, 1.165) is 18.4 Å². The molecule has 7 heteroatoms. The molecule has 2 aliphatic heterocycles. The van der Waals surface area contributed by atoms with Crippen LogP contribution in [0.5, 0.6) is 0 Å². The number of likely N-dealkylation sites (tertiary alicyclic amines) is 2. The molecule has 2 aliphatic rings.